The van der Waals surface area contributed by atoms with Gasteiger partial charge in [-0.1, -0.05) is 6.07 Å². The summed E-state index contributed by atoms with van der Waals surface area (Å²) < 4.78 is 27.6. The van der Waals surface area contributed by atoms with Gasteiger partial charge in [0.1, 0.15) is 5.75 Å². The number of nitrogens with zero attached hydrogens (tertiary/aromatic N) is 1. The standard InChI is InChI=1S/C11H14ClNO3S/c1-13-6-5-9-10(13)4-3-8(11(9)16-2)7-17(12,14)15/h3-4H,5-7H2,1-2H3. The molecule has 0 fully saturated rings. The van der Waals surface area contributed by atoms with Gasteiger partial charge in [0.25, 0.3) is 0 Å². The third-order valence-electron chi connectivity index (χ3n) is 2.96. The Morgan fingerprint density at radius 3 is 2.76 bits per heavy atom. The van der Waals surface area contributed by atoms with Gasteiger partial charge in [0.05, 0.1) is 12.9 Å². The summed E-state index contributed by atoms with van der Waals surface area (Å²) in [6.45, 7) is 0.919. The fourth-order valence-corrected chi connectivity index (χ4v) is 3.17. The Kier molecular flexibility index (Phi) is 3.23. The van der Waals surface area contributed by atoms with Crippen LogP contribution in [0.25, 0.3) is 0 Å². The van der Waals surface area contributed by atoms with E-state index in [9.17, 15) is 8.42 Å². The summed E-state index contributed by atoms with van der Waals surface area (Å²) in [5.74, 6) is 0.449. The lowest BCUT2D eigenvalue weighted by Crippen LogP contribution is -2.12. The van der Waals surface area contributed by atoms with Crippen LogP contribution < -0.4 is 9.64 Å². The van der Waals surface area contributed by atoms with Crippen LogP contribution in [0.4, 0.5) is 5.69 Å². The van der Waals surface area contributed by atoms with Gasteiger partial charge in [-0.2, -0.15) is 0 Å². The number of benzene rings is 1. The van der Waals surface area contributed by atoms with Gasteiger partial charge < -0.3 is 9.64 Å². The topological polar surface area (TPSA) is 46.6 Å². The van der Waals surface area contributed by atoms with Crippen molar-refractivity contribution in [1.29, 1.82) is 0 Å². The predicted octanol–water partition coefficient (Wildman–Crippen LogP) is 1.76. The summed E-state index contributed by atoms with van der Waals surface area (Å²) in [6, 6.07) is 3.68. The van der Waals surface area contributed by atoms with Crippen LogP contribution in [0.1, 0.15) is 11.1 Å². The molecule has 1 aliphatic rings. The molecule has 0 aromatic heterocycles. The van der Waals surface area contributed by atoms with E-state index < -0.39 is 9.05 Å². The van der Waals surface area contributed by atoms with E-state index in [1.165, 1.54) is 0 Å². The summed E-state index contributed by atoms with van der Waals surface area (Å²) in [4.78, 5) is 2.12. The third kappa shape index (κ3) is 2.50. The van der Waals surface area contributed by atoms with Crippen LogP contribution in [0.2, 0.25) is 0 Å². The molecule has 1 heterocycles. The molecule has 1 aliphatic heterocycles. The molecule has 1 aromatic carbocycles. The zero-order chi connectivity index (χ0) is 12.6. The highest BCUT2D eigenvalue weighted by Gasteiger charge is 2.23. The van der Waals surface area contributed by atoms with E-state index in [0.717, 1.165) is 24.2 Å². The first-order valence-corrected chi connectivity index (χ1v) is 7.72. The van der Waals surface area contributed by atoms with Crippen LogP contribution in [0.5, 0.6) is 5.75 Å². The molecule has 0 atom stereocenters. The minimum Gasteiger partial charge on any atom is -0.496 e. The fraction of sp³-hybridized carbons (Fsp3) is 0.455. The molecule has 2 rings (SSSR count). The minimum atomic E-state index is -3.56. The molecule has 4 nitrogen and oxygen atoms in total. The molecule has 1 aromatic rings. The number of hydrogen-bond donors (Lipinski definition) is 0. The average Bonchev–Trinajstić information content (AvgIpc) is 2.58. The van der Waals surface area contributed by atoms with E-state index >= 15 is 0 Å². The molecule has 0 N–H and O–H groups in total. The van der Waals surface area contributed by atoms with Crippen molar-refractivity contribution < 1.29 is 13.2 Å². The van der Waals surface area contributed by atoms with Crippen LogP contribution >= 0.6 is 10.7 Å². The lowest BCUT2D eigenvalue weighted by Gasteiger charge is -2.15. The molecule has 0 unspecified atom stereocenters. The summed E-state index contributed by atoms with van der Waals surface area (Å²) in [5.41, 5.74) is 2.78. The molecule has 0 saturated heterocycles. The highest BCUT2D eigenvalue weighted by atomic mass is 35.7. The van der Waals surface area contributed by atoms with E-state index in [-0.39, 0.29) is 5.75 Å². The molecule has 17 heavy (non-hydrogen) atoms. The van der Waals surface area contributed by atoms with Crippen molar-refractivity contribution in [1.82, 2.24) is 0 Å². The van der Waals surface area contributed by atoms with Crippen LogP contribution in [-0.4, -0.2) is 29.1 Å². The van der Waals surface area contributed by atoms with Crippen LogP contribution in [-0.2, 0) is 21.2 Å². The zero-order valence-electron chi connectivity index (χ0n) is 9.73. The van der Waals surface area contributed by atoms with Crippen molar-refractivity contribution in [2.45, 2.75) is 12.2 Å². The van der Waals surface area contributed by atoms with Crippen molar-refractivity contribution in [3.8, 4) is 5.75 Å². The van der Waals surface area contributed by atoms with Crippen molar-refractivity contribution in [3.63, 3.8) is 0 Å². The van der Waals surface area contributed by atoms with E-state index in [2.05, 4.69) is 4.90 Å². The second-order valence-electron chi connectivity index (χ2n) is 4.11. The first-order valence-electron chi connectivity index (χ1n) is 5.24. The zero-order valence-corrected chi connectivity index (χ0v) is 11.3. The lowest BCUT2D eigenvalue weighted by atomic mass is 10.1. The summed E-state index contributed by atoms with van der Waals surface area (Å²) in [6.07, 6.45) is 0.866. The van der Waals surface area contributed by atoms with Gasteiger partial charge in [-0.05, 0) is 12.5 Å². The number of anilines is 1. The molecule has 94 valence electrons. The molecule has 0 radical (unpaired) electrons. The number of hydrogen-bond acceptors (Lipinski definition) is 4. The van der Waals surface area contributed by atoms with Gasteiger partial charge in [-0.25, -0.2) is 8.42 Å². The van der Waals surface area contributed by atoms with Crippen molar-refractivity contribution in [2.24, 2.45) is 0 Å². The van der Waals surface area contributed by atoms with Gasteiger partial charge in [0, 0.05) is 41.1 Å². The largest absolute Gasteiger partial charge is 0.496 e. The Hall–Kier alpha value is -0.940. The van der Waals surface area contributed by atoms with Crippen molar-refractivity contribution in [3.05, 3.63) is 23.3 Å². The Morgan fingerprint density at radius 1 is 1.47 bits per heavy atom. The average molecular weight is 276 g/mol. The summed E-state index contributed by atoms with van der Waals surface area (Å²) >= 11 is 0. The third-order valence-corrected chi connectivity index (χ3v) is 3.94. The number of fused-ring (bicyclic) bond motifs is 1. The van der Waals surface area contributed by atoms with Gasteiger partial charge in [-0.3, -0.25) is 0 Å². The number of ether oxygens (including phenoxy) is 1. The summed E-state index contributed by atoms with van der Waals surface area (Å²) in [5, 5.41) is 0. The number of methoxy groups -OCH3 is 1. The van der Waals surface area contributed by atoms with E-state index in [0.29, 0.717) is 11.3 Å². The predicted molar refractivity (Wildman–Crippen MR) is 68.4 cm³/mol. The molecule has 0 saturated carbocycles. The van der Waals surface area contributed by atoms with Crippen LogP contribution in [0.3, 0.4) is 0 Å². The molecule has 0 bridgehead atoms. The van der Waals surface area contributed by atoms with Gasteiger partial charge in [0.2, 0.25) is 9.05 Å². The second-order valence-corrected chi connectivity index (χ2v) is 6.89. The molecule has 0 spiro atoms. The Morgan fingerprint density at radius 2 is 2.18 bits per heavy atom. The summed E-state index contributed by atoms with van der Waals surface area (Å²) in [7, 11) is 5.28. The van der Waals surface area contributed by atoms with Crippen molar-refractivity contribution in [2.75, 3.05) is 25.6 Å². The second kappa shape index (κ2) is 4.38. The monoisotopic (exact) mass is 275 g/mol. The first-order chi connectivity index (χ1) is 7.92. The van der Waals surface area contributed by atoms with Crippen LogP contribution in [0.15, 0.2) is 12.1 Å². The van der Waals surface area contributed by atoms with Crippen molar-refractivity contribution >= 4 is 25.4 Å². The highest BCUT2D eigenvalue weighted by molar-refractivity contribution is 8.13. The highest BCUT2D eigenvalue weighted by Crippen LogP contribution is 2.37. The maximum atomic E-state index is 11.1. The van der Waals surface area contributed by atoms with E-state index in [1.807, 2.05) is 13.1 Å². The van der Waals surface area contributed by atoms with Crippen LogP contribution in [0, 0.1) is 0 Å². The van der Waals surface area contributed by atoms with Gasteiger partial charge >= 0.3 is 0 Å². The molecule has 0 amide bonds. The molecular formula is C11H14ClNO3S. The van der Waals surface area contributed by atoms with Gasteiger partial charge in [0.15, 0.2) is 0 Å². The maximum absolute atomic E-state index is 11.1. The Labute approximate surface area is 106 Å². The van der Waals surface area contributed by atoms with E-state index in [4.69, 9.17) is 15.4 Å². The lowest BCUT2D eigenvalue weighted by molar-refractivity contribution is 0.407. The number of halogens is 1. The fourth-order valence-electron chi connectivity index (χ4n) is 2.22. The minimum absolute atomic E-state index is 0.200. The first kappa shape index (κ1) is 12.5. The normalized spacial score (nSPS) is 14.9. The molecular weight excluding hydrogens is 262 g/mol. The number of rotatable bonds is 3. The number of likely N-dealkylation sites (N-methyl/N-ethyl adjacent to an activating group) is 1. The Bertz CT molecular complexity index is 542. The Balaban J connectivity index is 2.49. The maximum Gasteiger partial charge on any atom is 0.236 e. The SMILES string of the molecule is COc1c(CS(=O)(=O)Cl)ccc2c1CCN2C. The molecule has 6 heteroatoms. The van der Waals surface area contributed by atoms with Gasteiger partial charge in [-0.15, -0.1) is 0 Å². The van der Waals surface area contributed by atoms with E-state index in [1.54, 1.807) is 13.2 Å². The smallest absolute Gasteiger partial charge is 0.236 e. The quantitative estimate of drug-likeness (QED) is 0.789. The molecule has 0 aliphatic carbocycles.